The molecule has 2 N–H and O–H groups in total. The lowest BCUT2D eigenvalue weighted by atomic mass is 10.0. The Kier molecular flexibility index (Phi) is 4.07. The van der Waals surface area contributed by atoms with Gasteiger partial charge in [-0.3, -0.25) is 20.0 Å². The first-order valence-corrected chi connectivity index (χ1v) is 7.15. The van der Waals surface area contributed by atoms with Crippen LogP contribution in [0.4, 0.5) is 5.69 Å². The average molecular weight is 323 g/mol. The van der Waals surface area contributed by atoms with Gasteiger partial charge in [0.1, 0.15) is 5.75 Å². The van der Waals surface area contributed by atoms with Crippen molar-refractivity contribution in [3.05, 3.63) is 76.0 Å². The lowest BCUT2D eigenvalue weighted by Gasteiger charge is -2.01. The lowest BCUT2D eigenvalue weighted by molar-refractivity contribution is -0.384. The van der Waals surface area contributed by atoms with Gasteiger partial charge in [-0.05, 0) is 30.3 Å². The number of para-hydroxylation sites is 1. The first-order chi connectivity index (χ1) is 11.5. The molecule has 0 amide bonds. The fourth-order valence-corrected chi connectivity index (χ4v) is 2.33. The van der Waals surface area contributed by atoms with Gasteiger partial charge in [0, 0.05) is 23.4 Å². The number of nitrogens with one attached hydrogen (secondary N) is 1. The van der Waals surface area contributed by atoms with Gasteiger partial charge in [0.15, 0.2) is 5.78 Å². The molecule has 0 atom stereocenters. The van der Waals surface area contributed by atoms with E-state index in [0.717, 1.165) is 0 Å². The molecule has 1 aromatic heterocycles. The summed E-state index contributed by atoms with van der Waals surface area (Å²) >= 11 is 0. The third kappa shape index (κ3) is 3.14. The standard InChI is InChI=1S/C17H13N3O4/c21-16-4-2-1-3-14(16)17(22)10-12-9-15(19-18-12)11-5-7-13(8-6-11)20(23)24/h1-9,21H,10H2,(H,18,19). The number of non-ortho nitro benzene ring substituents is 1. The molecule has 0 bridgehead atoms. The fraction of sp³-hybridized carbons (Fsp3) is 0.0588. The van der Waals surface area contributed by atoms with Crippen LogP contribution in [-0.4, -0.2) is 26.0 Å². The second-order valence-electron chi connectivity index (χ2n) is 5.20. The second kappa shape index (κ2) is 6.33. The van der Waals surface area contributed by atoms with Gasteiger partial charge < -0.3 is 5.11 Å². The smallest absolute Gasteiger partial charge is 0.269 e. The number of nitro groups is 1. The molecular formula is C17H13N3O4. The molecule has 0 aliphatic heterocycles. The fourth-order valence-electron chi connectivity index (χ4n) is 2.33. The molecular weight excluding hydrogens is 310 g/mol. The summed E-state index contributed by atoms with van der Waals surface area (Å²) < 4.78 is 0. The summed E-state index contributed by atoms with van der Waals surface area (Å²) in [6.45, 7) is 0. The molecule has 0 saturated carbocycles. The van der Waals surface area contributed by atoms with E-state index in [2.05, 4.69) is 10.2 Å². The van der Waals surface area contributed by atoms with Crippen LogP contribution < -0.4 is 0 Å². The van der Waals surface area contributed by atoms with Crippen LogP contribution >= 0.6 is 0 Å². The lowest BCUT2D eigenvalue weighted by Crippen LogP contribution is -2.04. The average Bonchev–Trinajstić information content (AvgIpc) is 3.03. The number of rotatable bonds is 5. The van der Waals surface area contributed by atoms with E-state index < -0.39 is 4.92 Å². The number of nitrogens with zero attached hydrogens (tertiary/aromatic N) is 2. The Morgan fingerprint density at radius 3 is 2.54 bits per heavy atom. The molecule has 7 heteroatoms. The molecule has 120 valence electrons. The molecule has 0 radical (unpaired) electrons. The molecule has 0 aliphatic rings. The minimum atomic E-state index is -0.468. The number of hydrogen-bond donors (Lipinski definition) is 2. The number of phenolic OH excluding ortho intramolecular Hbond substituents is 1. The SMILES string of the molecule is O=C(Cc1cc(-c2ccc([N+](=O)[O-])cc2)n[nH]1)c1ccccc1O. The van der Waals surface area contributed by atoms with E-state index in [1.807, 2.05) is 0 Å². The maximum atomic E-state index is 12.2. The van der Waals surface area contributed by atoms with Crippen LogP contribution in [0.3, 0.4) is 0 Å². The van der Waals surface area contributed by atoms with Crippen LogP contribution in [0.5, 0.6) is 5.75 Å². The van der Waals surface area contributed by atoms with Gasteiger partial charge in [-0.1, -0.05) is 12.1 Å². The van der Waals surface area contributed by atoms with Crippen molar-refractivity contribution in [2.24, 2.45) is 0 Å². The largest absolute Gasteiger partial charge is 0.507 e. The molecule has 7 nitrogen and oxygen atoms in total. The van der Waals surface area contributed by atoms with Crippen molar-refractivity contribution in [2.75, 3.05) is 0 Å². The number of benzene rings is 2. The van der Waals surface area contributed by atoms with Crippen molar-refractivity contribution < 1.29 is 14.8 Å². The predicted molar refractivity (Wildman–Crippen MR) is 86.8 cm³/mol. The molecule has 0 spiro atoms. The maximum absolute atomic E-state index is 12.2. The number of carbonyl (C=O) groups excluding carboxylic acids is 1. The summed E-state index contributed by atoms with van der Waals surface area (Å²) in [6, 6.07) is 14.1. The monoisotopic (exact) mass is 323 g/mol. The van der Waals surface area contributed by atoms with Gasteiger partial charge in [0.2, 0.25) is 0 Å². The van der Waals surface area contributed by atoms with E-state index in [1.165, 1.54) is 18.2 Å². The first kappa shape index (κ1) is 15.4. The van der Waals surface area contributed by atoms with Crippen LogP contribution in [-0.2, 0) is 6.42 Å². The summed E-state index contributed by atoms with van der Waals surface area (Å²) in [7, 11) is 0. The van der Waals surface area contributed by atoms with E-state index in [0.29, 0.717) is 17.0 Å². The summed E-state index contributed by atoms with van der Waals surface area (Å²) in [6.07, 6.45) is 0.0670. The van der Waals surface area contributed by atoms with E-state index in [1.54, 1.807) is 36.4 Å². The summed E-state index contributed by atoms with van der Waals surface area (Å²) in [5, 5.41) is 27.3. The summed E-state index contributed by atoms with van der Waals surface area (Å²) in [5.74, 6) is -0.287. The third-order valence-electron chi connectivity index (χ3n) is 3.56. The number of Topliss-reactive ketones (excluding diaryl/α,β-unsaturated/α-hetero) is 1. The zero-order valence-electron chi connectivity index (χ0n) is 12.5. The van der Waals surface area contributed by atoms with Crippen LogP contribution in [0.15, 0.2) is 54.6 Å². The zero-order chi connectivity index (χ0) is 17.1. The number of aromatic amines is 1. The highest BCUT2D eigenvalue weighted by Gasteiger charge is 2.14. The summed E-state index contributed by atoms with van der Waals surface area (Å²) in [5.41, 5.74) is 2.15. The van der Waals surface area contributed by atoms with Gasteiger partial charge in [-0.2, -0.15) is 5.10 Å². The maximum Gasteiger partial charge on any atom is 0.269 e. The first-order valence-electron chi connectivity index (χ1n) is 7.15. The molecule has 3 rings (SSSR count). The van der Waals surface area contributed by atoms with Crippen molar-refractivity contribution >= 4 is 11.5 Å². The number of nitro benzene ring substituents is 1. The Hall–Kier alpha value is -3.48. The van der Waals surface area contributed by atoms with Gasteiger partial charge >= 0.3 is 0 Å². The normalized spacial score (nSPS) is 10.5. The number of ketones is 1. The van der Waals surface area contributed by atoms with Crippen LogP contribution in [0, 0.1) is 10.1 Å². The molecule has 0 fully saturated rings. The van der Waals surface area contributed by atoms with E-state index in [-0.39, 0.29) is 29.2 Å². The summed E-state index contributed by atoms with van der Waals surface area (Å²) in [4.78, 5) is 22.4. The molecule has 2 aromatic carbocycles. The van der Waals surface area contributed by atoms with E-state index in [4.69, 9.17) is 0 Å². The Morgan fingerprint density at radius 2 is 1.88 bits per heavy atom. The molecule has 1 heterocycles. The number of aromatic nitrogens is 2. The topological polar surface area (TPSA) is 109 Å². The number of carbonyl (C=O) groups is 1. The Morgan fingerprint density at radius 1 is 1.17 bits per heavy atom. The highest BCUT2D eigenvalue weighted by Crippen LogP contribution is 2.22. The van der Waals surface area contributed by atoms with Crippen LogP contribution in [0.1, 0.15) is 16.1 Å². The molecule has 24 heavy (non-hydrogen) atoms. The van der Waals surface area contributed by atoms with E-state index in [9.17, 15) is 20.0 Å². The van der Waals surface area contributed by atoms with Gasteiger partial charge in [-0.25, -0.2) is 0 Å². The zero-order valence-corrected chi connectivity index (χ0v) is 12.5. The minimum absolute atomic E-state index is 0.00393. The van der Waals surface area contributed by atoms with Crippen molar-refractivity contribution in [3.8, 4) is 17.0 Å². The number of hydrogen-bond acceptors (Lipinski definition) is 5. The minimum Gasteiger partial charge on any atom is -0.507 e. The van der Waals surface area contributed by atoms with Crippen molar-refractivity contribution in [1.29, 1.82) is 0 Å². The van der Waals surface area contributed by atoms with Crippen molar-refractivity contribution in [3.63, 3.8) is 0 Å². The number of phenols is 1. The Bertz CT molecular complexity index is 900. The van der Waals surface area contributed by atoms with Gasteiger partial charge in [-0.15, -0.1) is 0 Å². The highest BCUT2D eigenvalue weighted by molar-refractivity contribution is 5.99. The molecule has 0 aliphatic carbocycles. The number of H-pyrrole nitrogens is 1. The van der Waals surface area contributed by atoms with Crippen LogP contribution in [0.25, 0.3) is 11.3 Å². The molecule has 0 unspecified atom stereocenters. The highest BCUT2D eigenvalue weighted by atomic mass is 16.6. The quantitative estimate of drug-likeness (QED) is 0.426. The predicted octanol–water partition coefficient (Wildman–Crippen LogP) is 3.12. The third-order valence-corrected chi connectivity index (χ3v) is 3.56. The number of aromatic hydroxyl groups is 1. The van der Waals surface area contributed by atoms with Crippen LogP contribution in [0.2, 0.25) is 0 Å². The molecule has 3 aromatic rings. The van der Waals surface area contributed by atoms with Crippen molar-refractivity contribution in [1.82, 2.24) is 10.2 Å². The second-order valence-corrected chi connectivity index (χ2v) is 5.20. The van der Waals surface area contributed by atoms with E-state index >= 15 is 0 Å². The van der Waals surface area contributed by atoms with Gasteiger partial charge in [0.05, 0.1) is 22.6 Å². The Labute approximate surface area is 136 Å². The Balaban J connectivity index is 1.77. The van der Waals surface area contributed by atoms with Crippen molar-refractivity contribution in [2.45, 2.75) is 6.42 Å². The molecule has 0 saturated heterocycles. The van der Waals surface area contributed by atoms with Gasteiger partial charge in [0.25, 0.3) is 5.69 Å².